The average molecular weight is 355 g/mol. The maximum atomic E-state index is 10.7. The maximum Gasteiger partial charge on any atom is 0.269 e. The number of nitro benzene ring substituents is 1. The number of ether oxygens (including phenoxy) is 1. The maximum absolute atomic E-state index is 10.7. The fourth-order valence-electron chi connectivity index (χ4n) is 2.15. The Bertz CT molecular complexity index is 992. The van der Waals surface area contributed by atoms with Crippen molar-refractivity contribution in [2.75, 3.05) is 7.11 Å². The van der Waals surface area contributed by atoms with E-state index in [9.17, 15) is 10.1 Å². The lowest BCUT2D eigenvalue weighted by atomic mass is 10.2. The van der Waals surface area contributed by atoms with Crippen LogP contribution in [0.3, 0.4) is 0 Å². The van der Waals surface area contributed by atoms with Crippen molar-refractivity contribution in [3.63, 3.8) is 0 Å². The van der Waals surface area contributed by atoms with Crippen molar-refractivity contribution in [3.8, 4) is 17.1 Å². The van der Waals surface area contributed by atoms with E-state index in [0.29, 0.717) is 21.9 Å². The van der Waals surface area contributed by atoms with E-state index in [-0.39, 0.29) is 5.69 Å². The zero-order valence-electron chi connectivity index (χ0n) is 13.1. The minimum Gasteiger partial charge on any atom is -0.497 e. The van der Waals surface area contributed by atoms with Crippen molar-refractivity contribution in [2.24, 2.45) is 5.10 Å². The largest absolute Gasteiger partial charge is 0.497 e. The van der Waals surface area contributed by atoms with Gasteiger partial charge in [-0.1, -0.05) is 12.1 Å². The van der Waals surface area contributed by atoms with Gasteiger partial charge in [-0.3, -0.25) is 10.1 Å². The third kappa shape index (κ3) is 3.61. The van der Waals surface area contributed by atoms with Crippen molar-refractivity contribution >= 4 is 24.1 Å². The average Bonchev–Trinajstić information content (AvgIpc) is 3.01. The number of H-pyrrole nitrogens is 1. The van der Waals surface area contributed by atoms with Crippen LogP contribution in [0.4, 0.5) is 5.69 Å². The highest BCUT2D eigenvalue weighted by Gasteiger charge is 2.09. The molecule has 0 saturated heterocycles. The first kappa shape index (κ1) is 16.5. The molecule has 1 aromatic heterocycles. The van der Waals surface area contributed by atoms with Gasteiger partial charge in [-0.25, -0.2) is 5.10 Å². The molecule has 0 fully saturated rings. The molecule has 0 spiro atoms. The van der Waals surface area contributed by atoms with Gasteiger partial charge in [0.05, 0.1) is 18.2 Å². The molecular formula is C16H13N5O3S. The van der Waals surface area contributed by atoms with Gasteiger partial charge in [0.15, 0.2) is 5.82 Å². The van der Waals surface area contributed by atoms with Crippen molar-refractivity contribution in [2.45, 2.75) is 0 Å². The van der Waals surface area contributed by atoms with Crippen LogP contribution in [0, 0.1) is 14.9 Å². The van der Waals surface area contributed by atoms with Gasteiger partial charge in [-0.2, -0.15) is 14.9 Å². The second-order valence-electron chi connectivity index (χ2n) is 4.99. The van der Waals surface area contributed by atoms with E-state index in [1.165, 1.54) is 16.8 Å². The Balaban J connectivity index is 1.94. The lowest BCUT2D eigenvalue weighted by Gasteiger charge is -2.03. The van der Waals surface area contributed by atoms with Gasteiger partial charge in [0.2, 0.25) is 4.77 Å². The van der Waals surface area contributed by atoms with E-state index in [4.69, 9.17) is 17.0 Å². The van der Waals surface area contributed by atoms with Gasteiger partial charge in [0.1, 0.15) is 5.75 Å². The molecule has 0 bridgehead atoms. The van der Waals surface area contributed by atoms with E-state index >= 15 is 0 Å². The zero-order valence-corrected chi connectivity index (χ0v) is 13.9. The van der Waals surface area contributed by atoms with Crippen LogP contribution in [-0.4, -0.2) is 33.1 Å². The number of benzene rings is 2. The summed E-state index contributed by atoms with van der Waals surface area (Å²) in [7, 11) is 1.59. The summed E-state index contributed by atoms with van der Waals surface area (Å²) in [4.78, 5) is 10.2. The predicted molar refractivity (Wildman–Crippen MR) is 95.5 cm³/mol. The SMILES string of the molecule is COc1cccc(-c2n[nH]c(=S)n2N=Cc2ccc([N+](=O)[O-])cc2)c1. The standard InChI is InChI=1S/C16H13N5O3S/c1-24-14-4-2-3-12(9-14)15-18-19-16(25)20(15)17-10-11-5-7-13(8-6-11)21(22)23/h2-10H,1H3,(H,19,25). The summed E-state index contributed by atoms with van der Waals surface area (Å²) in [5, 5.41) is 21.9. The first-order chi connectivity index (χ1) is 12.1. The molecule has 0 aliphatic heterocycles. The molecule has 0 aliphatic carbocycles. The lowest BCUT2D eigenvalue weighted by Crippen LogP contribution is -1.96. The number of nitro groups is 1. The molecule has 0 saturated carbocycles. The van der Waals surface area contributed by atoms with Crippen molar-refractivity contribution in [1.29, 1.82) is 0 Å². The molecule has 0 radical (unpaired) electrons. The molecule has 3 rings (SSSR count). The highest BCUT2D eigenvalue weighted by atomic mass is 32.1. The zero-order chi connectivity index (χ0) is 17.8. The Kier molecular flexibility index (Phi) is 4.66. The number of methoxy groups -OCH3 is 1. The number of aromatic amines is 1. The second kappa shape index (κ2) is 7.05. The van der Waals surface area contributed by atoms with Gasteiger partial charge in [-0.15, -0.1) is 0 Å². The van der Waals surface area contributed by atoms with Crippen LogP contribution in [0.25, 0.3) is 11.4 Å². The smallest absolute Gasteiger partial charge is 0.269 e. The summed E-state index contributed by atoms with van der Waals surface area (Å²) in [6, 6.07) is 13.4. The fraction of sp³-hybridized carbons (Fsp3) is 0.0625. The van der Waals surface area contributed by atoms with Crippen LogP contribution >= 0.6 is 12.2 Å². The van der Waals surface area contributed by atoms with E-state index < -0.39 is 4.92 Å². The molecule has 3 aromatic rings. The molecule has 126 valence electrons. The lowest BCUT2D eigenvalue weighted by molar-refractivity contribution is -0.384. The number of nitrogens with one attached hydrogen (secondary N) is 1. The number of hydrogen-bond acceptors (Lipinski definition) is 6. The summed E-state index contributed by atoms with van der Waals surface area (Å²) >= 11 is 5.22. The number of aromatic nitrogens is 3. The third-order valence-electron chi connectivity index (χ3n) is 3.40. The first-order valence-corrected chi connectivity index (χ1v) is 7.60. The van der Waals surface area contributed by atoms with E-state index in [2.05, 4.69) is 15.3 Å². The Morgan fingerprint density at radius 3 is 2.76 bits per heavy atom. The Morgan fingerprint density at radius 1 is 1.32 bits per heavy atom. The van der Waals surface area contributed by atoms with Gasteiger partial charge in [0, 0.05) is 17.7 Å². The quantitative estimate of drug-likeness (QED) is 0.327. The molecule has 0 aliphatic rings. The van der Waals surface area contributed by atoms with Crippen LogP contribution in [0.15, 0.2) is 53.6 Å². The van der Waals surface area contributed by atoms with Crippen LogP contribution < -0.4 is 4.74 Å². The van der Waals surface area contributed by atoms with Gasteiger partial charge in [0.25, 0.3) is 5.69 Å². The molecule has 9 heteroatoms. The second-order valence-corrected chi connectivity index (χ2v) is 5.38. The first-order valence-electron chi connectivity index (χ1n) is 7.19. The molecule has 1 N–H and O–H groups in total. The molecular weight excluding hydrogens is 342 g/mol. The fourth-order valence-corrected chi connectivity index (χ4v) is 2.33. The molecule has 0 unspecified atom stereocenters. The van der Waals surface area contributed by atoms with Crippen molar-refractivity contribution in [1.82, 2.24) is 14.9 Å². The summed E-state index contributed by atoms with van der Waals surface area (Å²) < 4.78 is 7.02. The molecule has 0 amide bonds. The number of hydrogen-bond donors (Lipinski definition) is 1. The Labute approximate surface area is 147 Å². The van der Waals surface area contributed by atoms with E-state index in [0.717, 1.165) is 5.56 Å². The summed E-state index contributed by atoms with van der Waals surface area (Å²) in [6.07, 6.45) is 1.55. The highest BCUT2D eigenvalue weighted by Crippen LogP contribution is 2.22. The Hall–Kier alpha value is -3.33. The van der Waals surface area contributed by atoms with Crippen LogP contribution in [0.1, 0.15) is 5.56 Å². The molecule has 1 heterocycles. The Morgan fingerprint density at radius 2 is 2.08 bits per heavy atom. The predicted octanol–water partition coefficient (Wildman–Crippen LogP) is 3.41. The van der Waals surface area contributed by atoms with E-state index in [1.807, 2.05) is 24.3 Å². The molecule has 2 aromatic carbocycles. The van der Waals surface area contributed by atoms with Crippen LogP contribution in [0.5, 0.6) is 5.75 Å². The number of rotatable bonds is 5. The molecule has 0 atom stereocenters. The third-order valence-corrected chi connectivity index (χ3v) is 3.67. The number of non-ortho nitro benzene ring substituents is 1. The minimum absolute atomic E-state index is 0.0224. The minimum atomic E-state index is -0.450. The van der Waals surface area contributed by atoms with Crippen molar-refractivity contribution in [3.05, 3.63) is 69.0 Å². The summed E-state index contributed by atoms with van der Waals surface area (Å²) in [5.41, 5.74) is 1.51. The molecule has 25 heavy (non-hydrogen) atoms. The summed E-state index contributed by atoms with van der Waals surface area (Å²) in [6.45, 7) is 0. The van der Waals surface area contributed by atoms with Gasteiger partial charge in [-0.05, 0) is 42.0 Å². The number of nitrogens with zero attached hydrogens (tertiary/aromatic N) is 4. The van der Waals surface area contributed by atoms with Gasteiger partial charge >= 0.3 is 0 Å². The highest BCUT2D eigenvalue weighted by molar-refractivity contribution is 7.71. The van der Waals surface area contributed by atoms with Crippen LogP contribution in [-0.2, 0) is 0 Å². The monoisotopic (exact) mass is 355 g/mol. The van der Waals surface area contributed by atoms with Crippen LogP contribution in [0.2, 0.25) is 0 Å². The molecule has 8 nitrogen and oxygen atoms in total. The van der Waals surface area contributed by atoms with Gasteiger partial charge < -0.3 is 4.74 Å². The summed E-state index contributed by atoms with van der Waals surface area (Å²) in [5.74, 6) is 1.22. The van der Waals surface area contributed by atoms with E-state index in [1.54, 1.807) is 25.5 Å². The normalized spacial score (nSPS) is 10.9. The van der Waals surface area contributed by atoms with Crippen molar-refractivity contribution < 1.29 is 9.66 Å². The topological polar surface area (TPSA) is 98.3 Å².